The zero-order valence-corrected chi connectivity index (χ0v) is 32.1. The third-order valence-electron chi connectivity index (χ3n) is 8.17. The fourth-order valence-corrected chi connectivity index (χ4v) is 5.83. The minimum atomic E-state index is -4.71. The van der Waals surface area contributed by atoms with Gasteiger partial charge in [-0.3, -0.25) is 23.4 Å². The number of rotatable bonds is 36. The van der Waals surface area contributed by atoms with E-state index in [1.54, 1.807) is 0 Å². The summed E-state index contributed by atoms with van der Waals surface area (Å²) in [6.45, 7) is 2.73. The summed E-state index contributed by atoms with van der Waals surface area (Å²) < 4.78 is 32.5. The van der Waals surface area contributed by atoms with Gasteiger partial charge < -0.3 is 25.2 Å². The van der Waals surface area contributed by atoms with Gasteiger partial charge in [0.05, 0.1) is 13.2 Å². The van der Waals surface area contributed by atoms with Crippen LogP contribution >= 0.6 is 7.82 Å². The first-order valence-electron chi connectivity index (χ1n) is 19.4. The number of aliphatic carboxylic acids is 1. The Bertz CT molecular complexity index is 958. The van der Waals surface area contributed by atoms with E-state index in [2.05, 4.69) is 42.7 Å². The molecule has 0 aromatic heterocycles. The maximum atomic E-state index is 12.6. The molecule has 0 fully saturated rings. The number of phosphoric acid groups is 1. The van der Waals surface area contributed by atoms with Crippen molar-refractivity contribution in [2.75, 3.05) is 19.8 Å². The number of carbonyl (C=O) groups excluding carboxylic acids is 2. The van der Waals surface area contributed by atoms with Crippen molar-refractivity contribution in [2.24, 2.45) is 5.73 Å². The molecule has 0 amide bonds. The summed E-state index contributed by atoms with van der Waals surface area (Å²) in [5, 5.41) is 8.85. The average molecular weight is 732 g/mol. The van der Waals surface area contributed by atoms with Gasteiger partial charge in [-0.05, 0) is 64.2 Å². The van der Waals surface area contributed by atoms with Crippen LogP contribution in [-0.2, 0) is 37.5 Å². The molecule has 50 heavy (non-hydrogen) atoms. The second-order valence-electron chi connectivity index (χ2n) is 13.1. The van der Waals surface area contributed by atoms with Crippen LogP contribution in [0.1, 0.15) is 168 Å². The predicted molar refractivity (Wildman–Crippen MR) is 199 cm³/mol. The van der Waals surface area contributed by atoms with Crippen LogP contribution in [0, 0.1) is 0 Å². The molecule has 3 unspecified atom stereocenters. The Morgan fingerprint density at radius 1 is 0.600 bits per heavy atom. The van der Waals surface area contributed by atoms with Crippen molar-refractivity contribution in [3.05, 3.63) is 24.3 Å². The van der Waals surface area contributed by atoms with Crippen molar-refractivity contribution in [1.82, 2.24) is 0 Å². The number of unbranched alkanes of at least 4 members (excludes halogenated alkanes) is 18. The molecule has 0 saturated carbocycles. The van der Waals surface area contributed by atoms with Gasteiger partial charge in [-0.25, -0.2) is 4.57 Å². The third-order valence-corrected chi connectivity index (χ3v) is 9.12. The van der Waals surface area contributed by atoms with Crippen molar-refractivity contribution in [3.8, 4) is 0 Å². The van der Waals surface area contributed by atoms with Crippen molar-refractivity contribution in [1.29, 1.82) is 0 Å². The minimum Gasteiger partial charge on any atom is -0.480 e. The van der Waals surface area contributed by atoms with Gasteiger partial charge in [-0.1, -0.05) is 115 Å². The molecule has 0 aliphatic rings. The number of carbonyl (C=O) groups is 3. The number of hydrogen-bond donors (Lipinski definition) is 3. The van der Waals surface area contributed by atoms with Crippen LogP contribution in [0.2, 0.25) is 0 Å². The van der Waals surface area contributed by atoms with Gasteiger partial charge >= 0.3 is 25.7 Å². The van der Waals surface area contributed by atoms with E-state index in [0.717, 1.165) is 77.0 Å². The molecule has 292 valence electrons. The number of ether oxygens (including phenoxy) is 2. The van der Waals surface area contributed by atoms with Gasteiger partial charge in [0, 0.05) is 12.8 Å². The highest BCUT2D eigenvalue weighted by atomic mass is 31.2. The summed E-state index contributed by atoms with van der Waals surface area (Å²) in [6, 6.07) is -1.52. The Morgan fingerprint density at radius 3 is 1.50 bits per heavy atom. The first kappa shape index (κ1) is 48.0. The molecule has 0 heterocycles. The number of phosphoric ester groups is 1. The summed E-state index contributed by atoms with van der Waals surface area (Å²) in [6.07, 6.45) is 32.5. The highest BCUT2D eigenvalue weighted by Crippen LogP contribution is 2.43. The number of nitrogens with two attached hydrogens (primary N) is 1. The first-order valence-corrected chi connectivity index (χ1v) is 20.9. The van der Waals surface area contributed by atoms with Gasteiger partial charge in [0.1, 0.15) is 12.6 Å². The molecule has 0 aromatic carbocycles. The zero-order valence-electron chi connectivity index (χ0n) is 31.2. The molecular weight excluding hydrogens is 661 g/mol. The molecule has 3 atom stereocenters. The van der Waals surface area contributed by atoms with Gasteiger partial charge in [-0.2, -0.15) is 0 Å². The van der Waals surface area contributed by atoms with E-state index in [4.69, 9.17) is 24.8 Å². The lowest BCUT2D eigenvalue weighted by atomic mass is 10.1. The highest BCUT2D eigenvalue weighted by Gasteiger charge is 2.28. The Hall–Kier alpha value is -2.04. The van der Waals surface area contributed by atoms with E-state index >= 15 is 0 Å². The zero-order chi connectivity index (χ0) is 37.1. The highest BCUT2D eigenvalue weighted by molar-refractivity contribution is 7.47. The lowest BCUT2D eigenvalue weighted by Crippen LogP contribution is -2.34. The maximum absolute atomic E-state index is 12.6. The Labute approximate surface area is 302 Å². The molecular formula is C38H70NO10P. The van der Waals surface area contributed by atoms with Crippen molar-refractivity contribution < 1.29 is 47.5 Å². The first-order chi connectivity index (χ1) is 24.1. The second kappa shape index (κ2) is 34.1. The molecule has 0 aliphatic carbocycles. The minimum absolute atomic E-state index is 0.151. The smallest absolute Gasteiger partial charge is 0.472 e. The van der Waals surface area contributed by atoms with Crippen LogP contribution in [0.25, 0.3) is 0 Å². The summed E-state index contributed by atoms with van der Waals surface area (Å²) in [7, 11) is -4.71. The van der Waals surface area contributed by atoms with Crippen LogP contribution < -0.4 is 5.73 Å². The molecule has 0 bridgehead atoms. The lowest BCUT2D eigenvalue weighted by molar-refractivity contribution is -0.161. The van der Waals surface area contributed by atoms with Crippen molar-refractivity contribution in [3.63, 3.8) is 0 Å². The summed E-state index contributed by atoms with van der Waals surface area (Å²) in [4.78, 5) is 45.7. The number of carboxylic acids is 1. The fraction of sp³-hybridized carbons (Fsp3) is 0.816. The molecule has 0 spiro atoms. The topological polar surface area (TPSA) is 172 Å². The van der Waals surface area contributed by atoms with E-state index in [0.29, 0.717) is 12.8 Å². The maximum Gasteiger partial charge on any atom is 0.472 e. The van der Waals surface area contributed by atoms with Gasteiger partial charge in [0.2, 0.25) is 0 Å². The van der Waals surface area contributed by atoms with E-state index in [1.165, 1.54) is 51.4 Å². The van der Waals surface area contributed by atoms with Gasteiger partial charge in [0.25, 0.3) is 0 Å². The van der Waals surface area contributed by atoms with Crippen LogP contribution in [0.5, 0.6) is 0 Å². The number of carboxylic acid groups (broad SMARTS) is 1. The molecule has 0 aliphatic heterocycles. The van der Waals surface area contributed by atoms with E-state index in [9.17, 15) is 23.8 Å². The summed E-state index contributed by atoms with van der Waals surface area (Å²) in [5.74, 6) is -2.40. The normalized spacial score (nSPS) is 14.2. The second-order valence-corrected chi connectivity index (χ2v) is 14.5. The number of hydrogen-bond acceptors (Lipinski definition) is 9. The fourth-order valence-electron chi connectivity index (χ4n) is 5.05. The monoisotopic (exact) mass is 731 g/mol. The SMILES string of the molecule is CCCCC/C=C\CCCCCCCC(=O)OCC(COP(=O)(O)OCC(N)C(=O)O)OC(=O)CCCCCCC/C=C\CCCCCCC. The molecule has 4 N–H and O–H groups in total. The largest absolute Gasteiger partial charge is 0.480 e. The average Bonchev–Trinajstić information content (AvgIpc) is 3.09. The van der Waals surface area contributed by atoms with Crippen LogP contribution in [0.15, 0.2) is 24.3 Å². The summed E-state index contributed by atoms with van der Waals surface area (Å²) in [5.41, 5.74) is 5.31. The van der Waals surface area contributed by atoms with Crippen LogP contribution in [0.3, 0.4) is 0 Å². The van der Waals surface area contributed by atoms with Crippen molar-refractivity contribution in [2.45, 2.75) is 180 Å². The van der Waals surface area contributed by atoms with E-state index in [1.807, 2.05) is 0 Å². The van der Waals surface area contributed by atoms with Crippen LogP contribution in [-0.4, -0.2) is 59.9 Å². The van der Waals surface area contributed by atoms with Crippen molar-refractivity contribution >= 4 is 25.7 Å². The Balaban J connectivity index is 4.46. The summed E-state index contributed by atoms with van der Waals surface area (Å²) >= 11 is 0. The number of esters is 2. The quantitative estimate of drug-likeness (QED) is 0.0242. The van der Waals surface area contributed by atoms with Crippen LogP contribution in [0.4, 0.5) is 0 Å². The molecule has 12 heteroatoms. The molecule has 11 nitrogen and oxygen atoms in total. The Kier molecular flexibility index (Phi) is 32.7. The number of allylic oxidation sites excluding steroid dienone is 4. The molecule has 0 radical (unpaired) electrons. The van der Waals surface area contributed by atoms with Gasteiger partial charge in [-0.15, -0.1) is 0 Å². The Morgan fingerprint density at radius 2 is 1.00 bits per heavy atom. The van der Waals surface area contributed by atoms with E-state index in [-0.39, 0.29) is 19.4 Å². The third kappa shape index (κ3) is 33.1. The molecule has 0 saturated heterocycles. The standard InChI is InChI=1S/C38H70NO10P/c1-3-5-7-9-11-13-15-17-18-20-22-24-26-28-30-37(41)49-34(32-47-50(44,45)48-33-35(39)38(42)43)31-46-36(40)29-27-25-23-21-19-16-14-12-10-8-6-4-2/h12,14-15,17,34-35H,3-11,13,16,18-33,39H2,1-2H3,(H,42,43)(H,44,45)/b14-12-,17-15-. The lowest BCUT2D eigenvalue weighted by Gasteiger charge is -2.20. The molecule has 0 rings (SSSR count). The van der Waals surface area contributed by atoms with Gasteiger partial charge in [0.15, 0.2) is 6.10 Å². The predicted octanol–water partition coefficient (Wildman–Crippen LogP) is 9.50. The molecule has 0 aromatic rings. The van der Waals surface area contributed by atoms with E-state index < -0.39 is 51.1 Å².